The third-order valence-corrected chi connectivity index (χ3v) is 9.77. The smallest absolute Gasteiger partial charge is 0.146 e. The van der Waals surface area contributed by atoms with Gasteiger partial charge in [-0.3, -0.25) is 4.57 Å². The molecule has 10 rings (SSSR count). The predicted octanol–water partition coefficient (Wildman–Crippen LogP) is 11.7. The van der Waals surface area contributed by atoms with Crippen molar-refractivity contribution in [3.8, 4) is 45.0 Å². The van der Waals surface area contributed by atoms with Crippen molar-refractivity contribution in [2.24, 2.45) is 0 Å². The van der Waals surface area contributed by atoms with Gasteiger partial charge >= 0.3 is 0 Å². The van der Waals surface area contributed by atoms with Crippen molar-refractivity contribution in [3.05, 3.63) is 182 Å². The van der Waals surface area contributed by atoms with Gasteiger partial charge in [-0.1, -0.05) is 115 Å². The third-order valence-electron chi connectivity index (χ3n) is 9.77. The van der Waals surface area contributed by atoms with E-state index in [-0.39, 0.29) is 0 Å². The molecule has 0 saturated carbocycles. The van der Waals surface area contributed by atoms with Crippen molar-refractivity contribution in [2.75, 3.05) is 0 Å². The molecule has 0 saturated heterocycles. The first kappa shape index (κ1) is 28.3. The Bertz CT molecular complexity index is 2790. The minimum Gasteiger partial charge on any atom is -0.309 e. The molecule has 6 aromatic carbocycles. The molecule has 4 aromatic heterocycles. The number of hydrogen-bond donors (Lipinski definition) is 0. The van der Waals surface area contributed by atoms with Crippen LogP contribution < -0.4 is 0 Å². The monoisotopic (exact) mass is 638 g/mol. The number of aromatic nitrogens is 4. The molecular weight excluding hydrogens is 609 g/mol. The minimum atomic E-state index is 0.838. The van der Waals surface area contributed by atoms with Gasteiger partial charge in [0.2, 0.25) is 0 Å². The van der Waals surface area contributed by atoms with Gasteiger partial charge in [0.15, 0.2) is 0 Å². The van der Waals surface area contributed by atoms with Crippen LogP contribution in [0.4, 0.5) is 0 Å². The summed E-state index contributed by atoms with van der Waals surface area (Å²) in [5, 5.41) is 4.72. The molecule has 0 amide bonds. The molecule has 0 spiro atoms. The topological polar surface area (TPSA) is 35.6 Å². The van der Waals surface area contributed by atoms with Crippen LogP contribution in [0.3, 0.4) is 0 Å². The van der Waals surface area contributed by atoms with E-state index in [9.17, 15) is 0 Å². The van der Waals surface area contributed by atoms with E-state index in [4.69, 9.17) is 9.97 Å². The van der Waals surface area contributed by atoms with Crippen molar-refractivity contribution in [2.45, 2.75) is 0 Å². The molecule has 0 aliphatic rings. The molecule has 234 valence electrons. The Hall–Kier alpha value is -6.78. The number of nitrogens with zero attached hydrogens (tertiary/aromatic N) is 4. The molecule has 10 aromatic rings. The number of rotatable bonds is 5. The van der Waals surface area contributed by atoms with E-state index in [0.717, 1.165) is 61.4 Å². The second kappa shape index (κ2) is 11.4. The van der Waals surface area contributed by atoms with Crippen molar-refractivity contribution in [3.63, 3.8) is 0 Å². The molecular formula is C46H30N4. The lowest BCUT2D eigenvalue weighted by Crippen LogP contribution is -2.01. The van der Waals surface area contributed by atoms with Crippen molar-refractivity contribution >= 4 is 43.7 Å². The van der Waals surface area contributed by atoms with Gasteiger partial charge in [0.1, 0.15) is 11.5 Å². The first-order chi connectivity index (χ1) is 24.8. The summed E-state index contributed by atoms with van der Waals surface area (Å²) in [6.45, 7) is 0. The van der Waals surface area contributed by atoms with Crippen LogP contribution in [-0.4, -0.2) is 19.1 Å². The zero-order valence-corrected chi connectivity index (χ0v) is 27.1. The summed E-state index contributed by atoms with van der Waals surface area (Å²) in [4.78, 5) is 10.2. The summed E-state index contributed by atoms with van der Waals surface area (Å²) >= 11 is 0. The maximum atomic E-state index is 5.28. The summed E-state index contributed by atoms with van der Waals surface area (Å²) < 4.78 is 4.59. The largest absolute Gasteiger partial charge is 0.309 e. The number of benzene rings is 6. The van der Waals surface area contributed by atoms with Crippen LogP contribution in [0.2, 0.25) is 0 Å². The lowest BCUT2D eigenvalue weighted by Gasteiger charge is -2.13. The van der Waals surface area contributed by atoms with Crippen LogP contribution in [0.1, 0.15) is 0 Å². The van der Waals surface area contributed by atoms with Gasteiger partial charge in [-0.25, -0.2) is 9.97 Å². The molecule has 0 aliphatic heterocycles. The molecule has 0 N–H and O–H groups in total. The average molecular weight is 639 g/mol. The van der Waals surface area contributed by atoms with E-state index in [1.54, 1.807) is 0 Å². The fraction of sp³-hybridized carbons (Fsp3) is 0. The van der Waals surface area contributed by atoms with E-state index in [1.807, 2.05) is 18.3 Å². The van der Waals surface area contributed by atoms with Gasteiger partial charge in [0, 0.05) is 39.0 Å². The van der Waals surface area contributed by atoms with Gasteiger partial charge in [-0.05, 0) is 82.9 Å². The van der Waals surface area contributed by atoms with Gasteiger partial charge in [0.25, 0.3) is 0 Å². The summed E-state index contributed by atoms with van der Waals surface area (Å²) in [6.07, 6.45) is 1.87. The number of pyridine rings is 2. The maximum Gasteiger partial charge on any atom is 0.146 e. The summed E-state index contributed by atoms with van der Waals surface area (Å²) in [5.41, 5.74) is 12.1. The molecule has 4 heterocycles. The number of hydrogen-bond acceptors (Lipinski definition) is 2. The molecule has 0 atom stereocenters. The average Bonchev–Trinajstić information content (AvgIpc) is 3.71. The quantitative estimate of drug-likeness (QED) is 0.188. The molecule has 4 heteroatoms. The Morgan fingerprint density at radius 1 is 0.400 bits per heavy atom. The molecule has 0 unspecified atom stereocenters. The van der Waals surface area contributed by atoms with Crippen LogP contribution in [0.15, 0.2) is 182 Å². The highest BCUT2D eigenvalue weighted by Crippen LogP contribution is 2.41. The zero-order chi connectivity index (χ0) is 33.0. The van der Waals surface area contributed by atoms with Gasteiger partial charge in [-0.2, -0.15) is 0 Å². The van der Waals surface area contributed by atoms with Crippen molar-refractivity contribution in [1.82, 2.24) is 19.1 Å². The van der Waals surface area contributed by atoms with Crippen LogP contribution in [-0.2, 0) is 0 Å². The highest BCUT2D eigenvalue weighted by atomic mass is 15.1. The Kier molecular flexibility index (Phi) is 6.46. The van der Waals surface area contributed by atoms with E-state index in [0.29, 0.717) is 0 Å². The first-order valence-corrected chi connectivity index (χ1v) is 16.9. The second-order valence-corrected chi connectivity index (χ2v) is 12.7. The molecule has 0 bridgehead atoms. The van der Waals surface area contributed by atoms with Crippen LogP contribution >= 0.6 is 0 Å². The van der Waals surface area contributed by atoms with Crippen LogP contribution in [0.25, 0.3) is 88.8 Å². The zero-order valence-electron chi connectivity index (χ0n) is 27.1. The first-order valence-electron chi connectivity index (χ1n) is 16.9. The Balaban J connectivity index is 1.22. The molecule has 4 nitrogen and oxygen atoms in total. The van der Waals surface area contributed by atoms with Crippen molar-refractivity contribution in [1.29, 1.82) is 0 Å². The molecule has 0 fully saturated rings. The predicted molar refractivity (Wildman–Crippen MR) is 207 cm³/mol. The fourth-order valence-corrected chi connectivity index (χ4v) is 7.55. The lowest BCUT2D eigenvalue weighted by molar-refractivity contribution is 1.06. The standard InChI is InChI=1S/C46H30N4/c1-4-14-31(15-5-1)34-29-40(32-16-6-2-7-17-32)48-44(30-34)50-42-26-25-33(28-39(42)37-22-13-27-47-46(37)50)36-21-12-24-43-45(36)38-20-10-11-23-41(38)49(43)35-18-8-3-9-19-35/h1-30H. The van der Waals surface area contributed by atoms with Crippen LogP contribution in [0, 0.1) is 0 Å². The second-order valence-electron chi connectivity index (χ2n) is 12.7. The highest BCUT2D eigenvalue weighted by Gasteiger charge is 2.20. The molecule has 0 aliphatic carbocycles. The SMILES string of the molecule is c1ccc(-c2cc(-c3ccccc3)nc(-n3c4ccc(-c5cccc6c5c5ccccc5n6-c5ccccc5)cc4c4cccnc43)c2)cc1. The number of fused-ring (bicyclic) bond motifs is 6. The third kappa shape index (κ3) is 4.46. The maximum absolute atomic E-state index is 5.28. The minimum absolute atomic E-state index is 0.838. The Morgan fingerprint density at radius 3 is 1.90 bits per heavy atom. The summed E-state index contributed by atoms with van der Waals surface area (Å²) in [7, 11) is 0. The van der Waals surface area contributed by atoms with E-state index >= 15 is 0 Å². The summed E-state index contributed by atoms with van der Waals surface area (Å²) in [5.74, 6) is 0.838. The Morgan fingerprint density at radius 2 is 1.08 bits per heavy atom. The van der Waals surface area contributed by atoms with Crippen molar-refractivity contribution < 1.29 is 0 Å². The van der Waals surface area contributed by atoms with Crippen LogP contribution in [0.5, 0.6) is 0 Å². The van der Waals surface area contributed by atoms with E-state index in [2.05, 4.69) is 173 Å². The lowest BCUT2D eigenvalue weighted by atomic mass is 9.98. The molecule has 50 heavy (non-hydrogen) atoms. The normalized spacial score (nSPS) is 11.6. The van der Waals surface area contributed by atoms with Gasteiger partial charge in [-0.15, -0.1) is 0 Å². The van der Waals surface area contributed by atoms with E-state index < -0.39 is 0 Å². The highest BCUT2D eigenvalue weighted by molar-refractivity contribution is 6.17. The van der Waals surface area contributed by atoms with E-state index in [1.165, 1.54) is 27.4 Å². The van der Waals surface area contributed by atoms with Gasteiger partial charge < -0.3 is 4.57 Å². The summed E-state index contributed by atoms with van der Waals surface area (Å²) in [6, 6.07) is 62.3. The molecule has 0 radical (unpaired) electrons. The fourth-order valence-electron chi connectivity index (χ4n) is 7.55. The van der Waals surface area contributed by atoms with Gasteiger partial charge in [0.05, 0.1) is 22.2 Å². The Labute approximate surface area is 289 Å². The number of para-hydroxylation sites is 2.